The Kier molecular flexibility index (Phi) is 4.20. The van der Waals surface area contributed by atoms with Gasteiger partial charge in [-0.3, -0.25) is 0 Å². The molecule has 2 rings (SSSR count). The summed E-state index contributed by atoms with van der Waals surface area (Å²) in [6.07, 6.45) is 2.36. The van der Waals surface area contributed by atoms with Crippen molar-refractivity contribution in [3.8, 4) is 0 Å². The van der Waals surface area contributed by atoms with E-state index in [1.807, 2.05) is 0 Å². The minimum atomic E-state index is 0.275. The lowest BCUT2D eigenvalue weighted by molar-refractivity contribution is 0.203. The smallest absolute Gasteiger partial charge is 0.0701 e. The van der Waals surface area contributed by atoms with Crippen molar-refractivity contribution >= 4 is 27.3 Å². The van der Waals surface area contributed by atoms with Crippen LogP contribution in [0.1, 0.15) is 23.6 Å². The van der Waals surface area contributed by atoms with E-state index in [0.717, 1.165) is 16.9 Å². The Morgan fingerprint density at radius 1 is 1.47 bits per heavy atom. The molecule has 1 aromatic rings. The quantitative estimate of drug-likeness (QED) is 0.897. The van der Waals surface area contributed by atoms with Gasteiger partial charge in [0.15, 0.2) is 0 Å². The van der Waals surface area contributed by atoms with E-state index < -0.39 is 0 Å². The Morgan fingerprint density at radius 2 is 2.20 bits per heavy atom. The molecule has 1 saturated heterocycles. The largest absolute Gasteiger partial charge is 0.396 e. The molecule has 0 aliphatic carbocycles. The van der Waals surface area contributed by atoms with Crippen LogP contribution in [0.3, 0.4) is 0 Å². The summed E-state index contributed by atoms with van der Waals surface area (Å²) in [7, 11) is 0. The lowest BCUT2D eigenvalue weighted by Crippen LogP contribution is -2.31. The molecule has 1 aromatic heterocycles. The van der Waals surface area contributed by atoms with Gasteiger partial charge >= 0.3 is 0 Å². The van der Waals surface area contributed by atoms with Crippen molar-refractivity contribution in [2.75, 3.05) is 19.7 Å². The van der Waals surface area contributed by atoms with E-state index in [1.165, 1.54) is 17.7 Å². The van der Waals surface area contributed by atoms with Crippen molar-refractivity contribution in [3.63, 3.8) is 0 Å². The molecule has 0 bridgehead atoms. The van der Waals surface area contributed by atoms with E-state index in [4.69, 9.17) is 0 Å². The first-order chi connectivity index (χ1) is 7.31. The SMILES string of the molecule is OCC(c1ccc(Br)s1)C1CCNCC1. The summed E-state index contributed by atoms with van der Waals surface area (Å²) in [5.41, 5.74) is 0. The number of thiophene rings is 1. The molecule has 1 aliphatic heterocycles. The fraction of sp³-hybridized carbons (Fsp3) is 0.636. The van der Waals surface area contributed by atoms with Crippen LogP contribution >= 0.6 is 27.3 Å². The lowest BCUT2D eigenvalue weighted by Gasteiger charge is -2.28. The zero-order valence-corrected chi connectivity index (χ0v) is 11.0. The molecule has 0 spiro atoms. The first kappa shape index (κ1) is 11.6. The number of hydrogen-bond donors (Lipinski definition) is 2. The topological polar surface area (TPSA) is 32.3 Å². The molecule has 15 heavy (non-hydrogen) atoms. The van der Waals surface area contributed by atoms with Crippen LogP contribution in [0.4, 0.5) is 0 Å². The molecule has 0 aromatic carbocycles. The molecule has 1 atom stereocenters. The van der Waals surface area contributed by atoms with E-state index in [2.05, 4.69) is 33.4 Å². The van der Waals surface area contributed by atoms with Gasteiger partial charge in [0.1, 0.15) is 0 Å². The second-order valence-electron chi connectivity index (χ2n) is 4.02. The number of halogens is 1. The van der Waals surface area contributed by atoms with Crippen molar-refractivity contribution in [2.45, 2.75) is 18.8 Å². The van der Waals surface area contributed by atoms with Gasteiger partial charge in [-0.2, -0.15) is 0 Å². The van der Waals surface area contributed by atoms with Crippen LogP contribution in [0.25, 0.3) is 0 Å². The minimum Gasteiger partial charge on any atom is -0.396 e. The summed E-state index contributed by atoms with van der Waals surface area (Å²) in [6, 6.07) is 4.21. The van der Waals surface area contributed by atoms with Crippen LogP contribution in [0.15, 0.2) is 15.9 Å². The van der Waals surface area contributed by atoms with Crippen LogP contribution in [0, 0.1) is 5.92 Å². The number of hydrogen-bond acceptors (Lipinski definition) is 3. The Bertz CT molecular complexity index is 309. The summed E-state index contributed by atoms with van der Waals surface area (Å²) < 4.78 is 1.16. The molecule has 0 radical (unpaired) electrons. The fourth-order valence-corrected chi connectivity index (χ4v) is 3.85. The molecule has 0 amide bonds. The summed E-state index contributed by atoms with van der Waals surface area (Å²) in [6.45, 7) is 2.46. The molecule has 4 heteroatoms. The van der Waals surface area contributed by atoms with E-state index in [9.17, 15) is 5.11 Å². The predicted molar refractivity (Wildman–Crippen MR) is 67.4 cm³/mol. The molecular formula is C11H16BrNOS. The molecular weight excluding hydrogens is 274 g/mol. The van der Waals surface area contributed by atoms with Gasteiger partial charge in [-0.05, 0) is 59.9 Å². The Balaban J connectivity index is 2.08. The number of aliphatic hydroxyl groups excluding tert-OH is 1. The molecule has 2 heterocycles. The standard InChI is InChI=1S/C11H16BrNOS/c12-11-2-1-10(15-11)9(7-14)8-3-5-13-6-4-8/h1-2,8-9,13-14H,3-7H2. The summed E-state index contributed by atoms with van der Waals surface area (Å²) in [5, 5.41) is 12.9. The van der Waals surface area contributed by atoms with Crippen molar-refractivity contribution < 1.29 is 5.11 Å². The summed E-state index contributed by atoms with van der Waals surface area (Å²) in [4.78, 5) is 1.32. The van der Waals surface area contributed by atoms with Crippen molar-refractivity contribution in [3.05, 3.63) is 20.8 Å². The highest BCUT2D eigenvalue weighted by Crippen LogP contribution is 2.36. The monoisotopic (exact) mass is 289 g/mol. The molecule has 0 saturated carbocycles. The minimum absolute atomic E-state index is 0.275. The van der Waals surface area contributed by atoms with Crippen molar-refractivity contribution in [2.24, 2.45) is 5.92 Å². The normalized spacial score (nSPS) is 20.4. The Hall–Kier alpha value is 0.1000. The Labute approximate surface area is 103 Å². The van der Waals surface area contributed by atoms with E-state index >= 15 is 0 Å². The van der Waals surface area contributed by atoms with Gasteiger partial charge in [0.2, 0.25) is 0 Å². The lowest BCUT2D eigenvalue weighted by atomic mass is 9.84. The fourth-order valence-electron chi connectivity index (χ4n) is 2.25. The van der Waals surface area contributed by atoms with Crippen LogP contribution in [0.5, 0.6) is 0 Å². The highest BCUT2D eigenvalue weighted by atomic mass is 79.9. The average Bonchev–Trinajstić information content (AvgIpc) is 2.68. The van der Waals surface area contributed by atoms with Gasteiger partial charge in [0.25, 0.3) is 0 Å². The molecule has 1 fully saturated rings. The second kappa shape index (κ2) is 5.43. The molecule has 2 nitrogen and oxygen atoms in total. The van der Waals surface area contributed by atoms with E-state index in [0.29, 0.717) is 11.8 Å². The van der Waals surface area contributed by atoms with Crippen LogP contribution in [0.2, 0.25) is 0 Å². The molecule has 1 unspecified atom stereocenters. The maximum atomic E-state index is 9.51. The third-order valence-corrected chi connectivity index (χ3v) is 4.86. The maximum Gasteiger partial charge on any atom is 0.0701 e. The average molecular weight is 290 g/mol. The summed E-state index contributed by atoms with van der Waals surface area (Å²) in [5.74, 6) is 0.977. The van der Waals surface area contributed by atoms with Crippen molar-refractivity contribution in [1.29, 1.82) is 0 Å². The summed E-state index contributed by atoms with van der Waals surface area (Å²) >= 11 is 5.23. The first-order valence-corrected chi connectivity index (χ1v) is 6.99. The zero-order valence-electron chi connectivity index (χ0n) is 8.58. The van der Waals surface area contributed by atoms with Crippen LogP contribution in [-0.2, 0) is 0 Å². The van der Waals surface area contributed by atoms with E-state index in [-0.39, 0.29) is 6.61 Å². The number of nitrogens with one attached hydrogen (secondary N) is 1. The second-order valence-corrected chi connectivity index (χ2v) is 6.51. The highest BCUT2D eigenvalue weighted by Gasteiger charge is 2.25. The number of rotatable bonds is 3. The third-order valence-electron chi connectivity index (χ3n) is 3.11. The highest BCUT2D eigenvalue weighted by molar-refractivity contribution is 9.11. The maximum absolute atomic E-state index is 9.51. The predicted octanol–water partition coefficient (Wildman–Crippen LogP) is 2.59. The van der Waals surface area contributed by atoms with Crippen LogP contribution < -0.4 is 5.32 Å². The van der Waals surface area contributed by atoms with Gasteiger partial charge in [0, 0.05) is 10.8 Å². The van der Waals surface area contributed by atoms with E-state index in [1.54, 1.807) is 11.3 Å². The Morgan fingerprint density at radius 3 is 2.73 bits per heavy atom. The zero-order chi connectivity index (χ0) is 10.7. The van der Waals surface area contributed by atoms with Gasteiger partial charge in [-0.15, -0.1) is 11.3 Å². The first-order valence-electron chi connectivity index (χ1n) is 5.38. The molecule has 2 N–H and O–H groups in total. The van der Waals surface area contributed by atoms with Gasteiger partial charge in [-0.25, -0.2) is 0 Å². The number of piperidine rings is 1. The number of aliphatic hydroxyl groups is 1. The van der Waals surface area contributed by atoms with Gasteiger partial charge in [0.05, 0.1) is 10.4 Å². The van der Waals surface area contributed by atoms with Crippen LogP contribution in [-0.4, -0.2) is 24.8 Å². The van der Waals surface area contributed by atoms with Crippen molar-refractivity contribution in [1.82, 2.24) is 5.32 Å². The molecule has 1 aliphatic rings. The molecule has 84 valence electrons. The van der Waals surface area contributed by atoms with Gasteiger partial charge in [-0.1, -0.05) is 0 Å². The third kappa shape index (κ3) is 2.81. The van der Waals surface area contributed by atoms with Gasteiger partial charge < -0.3 is 10.4 Å².